The molecule has 0 aliphatic heterocycles. The average molecular weight is 264 g/mol. The van der Waals surface area contributed by atoms with Crippen LogP contribution in [0.1, 0.15) is 12.5 Å². The van der Waals surface area contributed by atoms with E-state index in [0.29, 0.717) is 5.82 Å². The predicted octanol–water partition coefficient (Wildman–Crippen LogP) is -0.419. The maximum Gasteiger partial charge on any atom is 0.314 e. The number of rotatable bonds is 4. The Hall–Kier alpha value is -2.44. The molecule has 3 N–H and O–H groups in total. The Morgan fingerprint density at radius 3 is 2.47 bits per heavy atom. The van der Waals surface area contributed by atoms with E-state index in [1.54, 1.807) is 19.1 Å². The zero-order valence-corrected chi connectivity index (χ0v) is 10.8. The van der Waals surface area contributed by atoms with Crippen LogP contribution in [-0.4, -0.2) is 35.8 Å². The molecule has 1 rings (SSSR count). The second kappa shape index (κ2) is 7.10. The molecular formula is C12H16N4O3. The van der Waals surface area contributed by atoms with Crippen LogP contribution < -0.4 is 16.0 Å². The zero-order chi connectivity index (χ0) is 14.3. The highest BCUT2D eigenvalue weighted by Crippen LogP contribution is 2.08. The summed E-state index contributed by atoms with van der Waals surface area (Å²) >= 11 is 0. The SMILES string of the molecule is CC(=O)NCCNC(=O)C(=O)Nc1ncccc1C. The first-order chi connectivity index (χ1) is 9.00. The summed E-state index contributed by atoms with van der Waals surface area (Å²) in [7, 11) is 0. The van der Waals surface area contributed by atoms with Gasteiger partial charge in [-0.25, -0.2) is 4.98 Å². The lowest BCUT2D eigenvalue weighted by atomic mass is 10.3. The molecule has 0 aromatic carbocycles. The predicted molar refractivity (Wildman–Crippen MR) is 69.3 cm³/mol. The molecule has 19 heavy (non-hydrogen) atoms. The summed E-state index contributed by atoms with van der Waals surface area (Å²) in [6, 6.07) is 3.51. The van der Waals surface area contributed by atoms with Crippen LogP contribution in [0.2, 0.25) is 0 Å². The minimum Gasteiger partial charge on any atom is -0.355 e. The number of nitrogens with one attached hydrogen (secondary N) is 3. The number of carbonyl (C=O) groups excluding carboxylic acids is 3. The van der Waals surface area contributed by atoms with Crippen molar-refractivity contribution in [2.75, 3.05) is 18.4 Å². The fourth-order valence-corrected chi connectivity index (χ4v) is 1.28. The van der Waals surface area contributed by atoms with Crippen LogP contribution in [0.5, 0.6) is 0 Å². The highest BCUT2D eigenvalue weighted by molar-refractivity contribution is 6.39. The highest BCUT2D eigenvalue weighted by atomic mass is 16.2. The largest absolute Gasteiger partial charge is 0.355 e. The van der Waals surface area contributed by atoms with E-state index in [1.807, 2.05) is 0 Å². The highest BCUT2D eigenvalue weighted by Gasteiger charge is 2.14. The van der Waals surface area contributed by atoms with Crippen molar-refractivity contribution in [3.63, 3.8) is 0 Å². The van der Waals surface area contributed by atoms with Crippen LogP contribution in [-0.2, 0) is 14.4 Å². The third-order valence-corrected chi connectivity index (χ3v) is 2.23. The second-order valence-corrected chi connectivity index (χ2v) is 3.86. The normalized spacial score (nSPS) is 9.58. The van der Waals surface area contributed by atoms with Gasteiger partial charge in [-0.1, -0.05) is 6.07 Å². The van der Waals surface area contributed by atoms with E-state index in [4.69, 9.17) is 0 Å². The summed E-state index contributed by atoms with van der Waals surface area (Å²) in [6.07, 6.45) is 1.53. The summed E-state index contributed by atoms with van der Waals surface area (Å²) in [6.45, 7) is 3.61. The van der Waals surface area contributed by atoms with Gasteiger partial charge in [-0.05, 0) is 18.6 Å². The van der Waals surface area contributed by atoms with E-state index in [2.05, 4.69) is 20.9 Å². The number of nitrogens with zero attached hydrogens (tertiary/aromatic N) is 1. The molecule has 0 unspecified atom stereocenters. The third kappa shape index (κ3) is 5.15. The van der Waals surface area contributed by atoms with Gasteiger partial charge in [-0.3, -0.25) is 14.4 Å². The van der Waals surface area contributed by atoms with Crippen molar-refractivity contribution in [3.8, 4) is 0 Å². The molecule has 1 aromatic rings. The molecule has 0 atom stereocenters. The Balaban J connectivity index is 2.39. The minimum absolute atomic E-state index is 0.188. The van der Waals surface area contributed by atoms with Crippen LogP contribution in [0.25, 0.3) is 0 Å². The first kappa shape index (κ1) is 14.6. The Kier molecular flexibility index (Phi) is 5.46. The maximum atomic E-state index is 11.5. The second-order valence-electron chi connectivity index (χ2n) is 3.86. The standard InChI is InChI=1S/C12H16N4O3/c1-8-4-3-5-14-10(8)16-12(19)11(18)15-7-6-13-9(2)17/h3-5H,6-7H2,1-2H3,(H,13,17)(H,15,18)(H,14,16,19). The zero-order valence-electron chi connectivity index (χ0n) is 10.8. The van der Waals surface area contributed by atoms with Gasteiger partial charge in [0.1, 0.15) is 5.82 Å². The first-order valence-electron chi connectivity index (χ1n) is 5.76. The molecule has 0 spiro atoms. The van der Waals surface area contributed by atoms with Crippen LogP contribution >= 0.6 is 0 Å². The maximum absolute atomic E-state index is 11.5. The van der Waals surface area contributed by atoms with Gasteiger partial charge in [0.05, 0.1) is 0 Å². The quantitative estimate of drug-likeness (QED) is 0.508. The van der Waals surface area contributed by atoms with Gasteiger partial charge in [0.25, 0.3) is 0 Å². The monoisotopic (exact) mass is 264 g/mol. The molecule has 7 nitrogen and oxygen atoms in total. The first-order valence-corrected chi connectivity index (χ1v) is 5.76. The van der Waals surface area contributed by atoms with Gasteiger partial charge in [0, 0.05) is 26.2 Å². The molecule has 0 saturated heterocycles. The van der Waals surface area contributed by atoms with E-state index in [9.17, 15) is 14.4 Å². The average Bonchev–Trinajstić information content (AvgIpc) is 2.36. The van der Waals surface area contributed by atoms with Crippen molar-refractivity contribution in [2.24, 2.45) is 0 Å². The van der Waals surface area contributed by atoms with Crippen LogP contribution in [0.4, 0.5) is 5.82 Å². The number of carbonyl (C=O) groups is 3. The summed E-state index contributed by atoms with van der Waals surface area (Å²) in [5.74, 6) is -1.40. The smallest absolute Gasteiger partial charge is 0.314 e. The van der Waals surface area contributed by atoms with Crippen molar-refractivity contribution in [3.05, 3.63) is 23.9 Å². The topological polar surface area (TPSA) is 100 Å². The summed E-state index contributed by atoms with van der Waals surface area (Å²) in [5, 5.41) is 7.30. The number of hydrogen-bond donors (Lipinski definition) is 3. The number of anilines is 1. The van der Waals surface area contributed by atoms with Crippen LogP contribution in [0, 0.1) is 6.92 Å². The fourth-order valence-electron chi connectivity index (χ4n) is 1.28. The number of aryl methyl sites for hydroxylation is 1. The molecule has 102 valence electrons. The molecule has 3 amide bonds. The molecular weight excluding hydrogens is 248 g/mol. The van der Waals surface area contributed by atoms with Crippen LogP contribution in [0.15, 0.2) is 18.3 Å². The van der Waals surface area contributed by atoms with Crippen molar-refractivity contribution >= 4 is 23.5 Å². The van der Waals surface area contributed by atoms with Gasteiger partial charge in [0.15, 0.2) is 0 Å². The molecule has 1 aromatic heterocycles. The van der Waals surface area contributed by atoms with Crippen molar-refractivity contribution in [1.29, 1.82) is 0 Å². The Bertz CT molecular complexity index is 488. The Morgan fingerprint density at radius 1 is 1.16 bits per heavy atom. The lowest BCUT2D eigenvalue weighted by Crippen LogP contribution is -2.39. The van der Waals surface area contributed by atoms with Crippen molar-refractivity contribution < 1.29 is 14.4 Å². The minimum atomic E-state index is -0.787. The molecule has 0 aliphatic rings. The molecule has 0 fully saturated rings. The third-order valence-electron chi connectivity index (χ3n) is 2.23. The number of amides is 3. The lowest BCUT2D eigenvalue weighted by molar-refractivity contribution is -0.136. The summed E-state index contributed by atoms with van der Waals surface area (Å²) in [5.41, 5.74) is 0.766. The van der Waals surface area contributed by atoms with E-state index in [0.717, 1.165) is 5.56 Å². The summed E-state index contributed by atoms with van der Waals surface area (Å²) < 4.78 is 0. The van der Waals surface area contributed by atoms with Crippen molar-refractivity contribution in [2.45, 2.75) is 13.8 Å². The van der Waals surface area contributed by atoms with E-state index >= 15 is 0 Å². The molecule has 0 bridgehead atoms. The number of aromatic nitrogens is 1. The number of hydrogen-bond acceptors (Lipinski definition) is 4. The van der Waals surface area contributed by atoms with Gasteiger partial charge >= 0.3 is 11.8 Å². The fraction of sp³-hybridized carbons (Fsp3) is 0.333. The molecule has 7 heteroatoms. The van der Waals surface area contributed by atoms with E-state index in [-0.39, 0.29) is 19.0 Å². The van der Waals surface area contributed by atoms with Gasteiger partial charge in [-0.15, -0.1) is 0 Å². The van der Waals surface area contributed by atoms with E-state index in [1.165, 1.54) is 13.1 Å². The number of pyridine rings is 1. The van der Waals surface area contributed by atoms with Gasteiger partial charge in [0.2, 0.25) is 5.91 Å². The van der Waals surface area contributed by atoms with Crippen molar-refractivity contribution in [1.82, 2.24) is 15.6 Å². The Morgan fingerprint density at radius 2 is 1.84 bits per heavy atom. The lowest BCUT2D eigenvalue weighted by Gasteiger charge is -2.07. The van der Waals surface area contributed by atoms with Gasteiger partial charge in [-0.2, -0.15) is 0 Å². The molecule has 0 aliphatic carbocycles. The Labute approximate surface area is 110 Å². The molecule has 0 radical (unpaired) electrons. The van der Waals surface area contributed by atoms with Gasteiger partial charge < -0.3 is 16.0 Å². The van der Waals surface area contributed by atoms with Crippen LogP contribution in [0.3, 0.4) is 0 Å². The van der Waals surface area contributed by atoms with E-state index < -0.39 is 11.8 Å². The molecule has 1 heterocycles. The summed E-state index contributed by atoms with van der Waals surface area (Å²) in [4.78, 5) is 37.5. The molecule has 0 saturated carbocycles.